The van der Waals surface area contributed by atoms with Crippen molar-refractivity contribution in [1.29, 1.82) is 0 Å². The Balaban J connectivity index is 1.86. The van der Waals surface area contributed by atoms with E-state index in [1.165, 1.54) is 17.6 Å². The standard InChI is InChI=1S/C21H16Cl2N2O4/c22-18-7-6-17(10-19(18)23)29-20-11-16(28-13-14-2-1-9-24-12-14)5-3-15(20)4-8-21(26)25-27/h1-12,27H,13H2,(H,25,26)/b8-4+. The molecule has 2 aromatic carbocycles. The average molecular weight is 431 g/mol. The topological polar surface area (TPSA) is 80.7 Å². The second kappa shape index (κ2) is 9.93. The third kappa shape index (κ3) is 5.96. The predicted octanol–water partition coefficient (Wildman–Crippen LogP) is 5.28. The van der Waals surface area contributed by atoms with Crippen molar-refractivity contribution in [2.45, 2.75) is 6.61 Å². The van der Waals surface area contributed by atoms with E-state index in [0.29, 0.717) is 39.5 Å². The van der Waals surface area contributed by atoms with Crippen molar-refractivity contribution >= 4 is 35.2 Å². The monoisotopic (exact) mass is 430 g/mol. The molecule has 0 aliphatic rings. The number of pyridine rings is 1. The van der Waals surface area contributed by atoms with E-state index in [4.69, 9.17) is 37.9 Å². The molecule has 0 bridgehead atoms. The molecule has 1 heterocycles. The van der Waals surface area contributed by atoms with Gasteiger partial charge in [-0.3, -0.25) is 15.0 Å². The van der Waals surface area contributed by atoms with Crippen LogP contribution in [-0.2, 0) is 11.4 Å². The first-order valence-corrected chi connectivity index (χ1v) is 9.21. The molecule has 0 unspecified atom stereocenters. The zero-order valence-corrected chi connectivity index (χ0v) is 16.5. The lowest BCUT2D eigenvalue weighted by atomic mass is 10.1. The molecule has 8 heteroatoms. The van der Waals surface area contributed by atoms with E-state index in [-0.39, 0.29) is 0 Å². The van der Waals surface area contributed by atoms with Gasteiger partial charge in [0.1, 0.15) is 23.9 Å². The highest BCUT2D eigenvalue weighted by molar-refractivity contribution is 6.42. The van der Waals surface area contributed by atoms with Gasteiger partial charge in [0.05, 0.1) is 10.0 Å². The molecule has 0 radical (unpaired) electrons. The summed E-state index contributed by atoms with van der Waals surface area (Å²) in [6, 6.07) is 13.8. The minimum absolute atomic E-state index is 0.335. The zero-order chi connectivity index (χ0) is 20.6. The first-order valence-electron chi connectivity index (χ1n) is 8.46. The Morgan fingerprint density at radius 1 is 1.10 bits per heavy atom. The number of halogens is 2. The van der Waals surface area contributed by atoms with Gasteiger partial charge in [0, 0.05) is 41.7 Å². The van der Waals surface area contributed by atoms with E-state index >= 15 is 0 Å². The summed E-state index contributed by atoms with van der Waals surface area (Å²) in [7, 11) is 0. The van der Waals surface area contributed by atoms with Gasteiger partial charge in [-0.25, -0.2) is 5.48 Å². The van der Waals surface area contributed by atoms with Gasteiger partial charge in [-0.05, 0) is 36.4 Å². The first kappa shape index (κ1) is 20.7. The molecule has 6 nitrogen and oxygen atoms in total. The number of carbonyl (C=O) groups excluding carboxylic acids is 1. The maximum absolute atomic E-state index is 11.3. The minimum atomic E-state index is -0.664. The van der Waals surface area contributed by atoms with Crippen LogP contribution < -0.4 is 15.0 Å². The highest BCUT2D eigenvalue weighted by Crippen LogP contribution is 2.33. The lowest BCUT2D eigenvalue weighted by Crippen LogP contribution is -2.14. The van der Waals surface area contributed by atoms with Gasteiger partial charge in [-0.2, -0.15) is 0 Å². The molecule has 2 N–H and O–H groups in total. The van der Waals surface area contributed by atoms with Crippen LogP contribution in [-0.4, -0.2) is 16.1 Å². The Morgan fingerprint density at radius 3 is 2.66 bits per heavy atom. The molecule has 0 spiro atoms. The molecule has 3 rings (SSSR count). The number of benzene rings is 2. The number of nitrogens with zero attached hydrogens (tertiary/aromatic N) is 1. The van der Waals surface area contributed by atoms with Crippen LogP contribution in [0.3, 0.4) is 0 Å². The fourth-order valence-electron chi connectivity index (χ4n) is 2.35. The Kier molecular flexibility index (Phi) is 7.08. The van der Waals surface area contributed by atoms with Crippen molar-refractivity contribution in [1.82, 2.24) is 10.5 Å². The highest BCUT2D eigenvalue weighted by atomic mass is 35.5. The van der Waals surface area contributed by atoms with Crippen LogP contribution in [0.15, 0.2) is 67.0 Å². The lowest BCUT2D eigenvalue weighted by Gasteiger charge is -2.13. The fraction of sp³-hybridized carbons (Fsp3) is 0.0476. The van der Waals surface area contributed by atoms with E-state index < -0.39 is 5.91 Å². The van der Waals surface area contributed by atoms with Gasteiger partial charge in [0.2, 0.25) is 0 Å². The van der Waals surface area contributed by atoms with Gasteiger partial charge < -0.3 is 9.47 Å². The van der Waals surface area contributed by atoms with E-state index in [1.807, 2.05) is 12.1 Å². The van der Waals surface area contributed by atoms with Crippen molar-refractivity contribution in [2.75, 3.05) is 0 Å². The third-order valence-corrected chi connectivity index (χ3v) is 4.50. The molecule has 0 aliphatic carbocycles. The molecule has 0 atom stereocenters. The van der Waals surface area contributed by atoms with Gasteiger partial charge in [0.25, 0.3) is 5.91 Å². The van der Waals surface area contributed by atoms with Crippen LogP contribution in [0, 0.1) is 0 Å². The smallest absolute Gasteiger partial charge is 0.267 e. The SMILES string of the molecule is O=C(/C=C/c1ccc(OCc2cccnc2)cc1Oc1ccc(Cl)c(Cl)c1)NO. The largest absolute Gasteiger partial charge is 0.489 e. The quantitative estimate of drug-likeness (QED) is 0.302. The number of aromatic nitrogens is 1. The fourth-order valence-corrected chi connectivity index (χ4v) is 2.64. The highest BCUT2D eigenvalue weighted by Gasteiger charge is 2.09. The summed E-state index contributed by atoms with van der Waals surface area (Å²) in [6.07, 6.45) is 6.09. The maximum Gasteiger partial charge on any atom is 0.267 e. The van der Waals surface area contributed by atoms with Gasteiger partial charge in [0.15, 0.2) is 0 Å². The minimum Gasteiger partial charge on any atom is -0.489 e. The Labute approximate surface area is 177 Å². The summed E-state index contributed by atoms with van der Waals surface area (Å²) in [4.78, 5) is 15.4. The van der Waals surface area contributed by atoms with Crippen molar-refractivity contribution in [3.63, 3.8) is 0 Å². The molecule has 0 aliphatic heterocycles. The summed E-state index contributed by atoms with van der Waals surface area (Å²) < 4.78 is 11.7. The van der Waals surface area contributed by atoms with Gasteiger partial charge >= 0.3 is 0 Å². The Morgan fingerprint density at radius 2 is 1.93 bits per heavy atom. The summed E-state index contributed by atoms with van der Waals surface area (Å²) in [5, 5.41) is 9.42. The van der Waals surface area contributed by atoms with Crippen LogP contribution >= 0.6 is 23.2 Å². The number of amides is 1. The van der Waals surface area contributed by atoms with Crippen LogP contribution in [0.1, 0.15) is 11.1 Å². The molecule has 148 valence electrons. The molecule has 29 heavy (non-hydrogen) atoms. The van der Waals surface area contributed by atoms with E-state index in [0.717, 1.165) is 5.56 Å². The second-order valence-corrected chi connectivity index (χ2v) is 6.65. The van der Waals surface area contributed by atoms with Crippen LogP contribution in [0.5, 0.6) is 17.2 Å². The van der Waals surface area contributed by atoms with Crippen molar-refractivity contribution < 1.29 is 19.5 Å². The predicted molar refractivity (Wildman–Crippen MR) is 111 cm³/mol. The summed E-state index contributed by atoms with van der Waals surface area (Å²) >= 11 is 12.0. The second-order valence-electron chi connectivity index (χ2n) is 5.84. The molecule has 0 saturated heterocycles. The number of carbonyl (C=O) groups is 1. The van der Waals surface area contributed by atoms with Crippen LogP contribution in [0.25, 0.3) is 6.08 Å². The number of hydrogen-bond acceptors (Lipinski definition) is 5. The Bertz CT molecular complexity index is 1030. The number of hydroxylamine groups is 1. The summed E-state index contributed by atoms with van der Waals surface area (Å²) in [5.74, 6) is 0.786. The molecule has 1 amide bonds. The van der Waals surface area contributed by atoms with E-state index in [9.17, 15) is 4.79 Å². The first-order chi connectivity index (χ1) is 14.0. The molecule has 1 aromatic heterocycles. The number of nitrogens with one attached hydrogen (secondary N) is 1. The summed E-state index contributed by atoms with van der Waals surface area (Å²) in [6.45, 7) is 0.335. The number of hydrogen-bond donors (Lipinski definition) is 2. The number of rotatable bonds is 7. The van der Waals surface area contributed by atoms with Crippen molar-refractivity contribution in [3.05, 3.63) is 88.2 Å². The van der Waals surface area contributed by atoms with E-state index in [2.05, 4.69) is 4.98 Å². The van der Waals surface area contributed by atoms with Crippen molar-refractivity contribution in [3.8, 4) is 17.2 Å². The molecule has 0 saturated carbocycles. The third-order valence-electron chi connectivity index (χ3n) is 3.76. The van der Waals surface area contributed by atoms with Crippen LogP contribution in [0.2, 0.25) is 10.0 Å². The Hall–Kier alpha value is -3.06. The maximum atomic E-state index is 11.3. The van der Waals surface area contributed by atoms with Crippen LogP contribution in [0.4, 0.5) is 0 Å². The van der Waals surface area contributed by atoms with E-state index in [1.54, 1.807) is 48.8 Å². The molecular formula is C21H16Cl2N2O4. The molecular weight excluding hydrogens is 415 g/mol. The lowest BCUT2D eigenvalue weighted by molar-refractivity contribution is -0.124. The average Bonchev–Trinajstić information content (AvgIpc) is 2.74. The summed E-state index contributed by atoms with van der Waals surface area (Å²) in [5.41, 5.74) is 3.05. The number of ether oxygens (including phenoxy) is 2. The molecule has 3 aromatic rings. The van der Waals surface area contributed by atoms with Crippen molar-refractivity contribution in [2.24, 2.45) is 0 Å². The zero-order valence-electron chi connectivity index (χ0n) is 15.0. The normalized spacial score (nSPS) is 10.7. The van der Waals surface area contributed by atoms with Gasteiger partial charge in [-0.1, -0.05) is 29.3 Å². The van der Waals surface area contributed by atoms with Gasteiger partial charge in [-0.15, -0.1) is 0 Å². The molecule has 0 fully saturated rings.